The van der Waals surface area contributed by atoms with Gasteiger partial charge in [0.15, 0.2) is 0 Å². The standard InChI is InChI=1S/C19H28N2O2S.C2HF3O2/c22-19(20-10-16-7-4-8-24-16)9-14-13-23-18-12-21(11-17(14)18)15-5-2-1-3-6-15;3-2(4,5)1(6)7/h4,7-8,14-15,17-18H,1-3,5-6,9-13H2,(H,20,22);(H,6,7)/t14-,17-,18-;/m1./s1. The molecule has 0 aromatic carbocycles. The van der Waals surface area contributed by atoms with Gasteiger partial charge in [-0.25, -0.2) is 4.79 Å². The number of nitrogens with zero attached hydrogens (tertiary/aromatic N) is 1. The number of carboxylic acids is 1. The summed E-state index contributed by atoms with van der Waals surface area (Å²) in [5, 5.41) is 12.2. The van der Waals surface area contributed by atoms with Gasteiger partial charge in [-0.15, -0.1) is 11.3 Å². The number of halogens is 3. The molecular formula is C21H29F3N2O4S. The first-order valence-corrected chi connectivity index (χ1v) is 11.6. The van der Waals surface area contributed by atoms with E-state index in [0.29, 0.717) is 30.9 Å². The van der Waals surface area contributed by atoms with Crippen LogP contribution >= 0.6 is 11.3 Å². The summed E-state index contributed by atoms with van der Waals surface area (Å²) in [6, 6.07) is 4.86. The molecule has 1 amide bonds. The molecule has 2 N–H and O–H groups in total. The van der Waals surface area contributed by atoms with Crippen molar-refractivity contribution in [1.29, 1.82) is 0 Å². The van der Waals surface area contributed by atoms with Gasteiger partial charge in [0.1, 0.15) is 0 Å². The van der Waals surface area contributed by atoms with Crippen LogP contribution < -0.4 is 5.32 Å². The number of alkyl halides is 3. The molecule has 0 bridgehead atoms. The molecule has 3 aliphatic rings. The molecule has 1 aromatic rings. The summed E-state index contributed by atoms with van der Waals surface area (Å²) < 4.78 is 37.8. The minimum atomic E-state index is -5.08. The number of hydrogen-bond acceptors (Lipinski definition) is 5. The summed E-state index contributed by atoms with van der Waals surface area (Å²) in [6.07, 6.45) is 2.77. The third-order valence-electron chi connectivity index (χ3n) is 6.29. The first kappa shape index (κ1) is 24.0. The van der Waals surface area contributed by atoms with Gasteiger partial charge in [-0.2, -0.15) is 13.2 Å². The molecule has 3 fully saturated rings. The molecule has 174 valence electrons. The second-order valence-electron chi connectivity index (χ2n) is 8.40. The summed E-state index contributed by atoms with van der Waals surface area (Å²) >= 11 is 1.69. The van der Waals surface area contributed by atoms with Crippen molar-refractivity contribution in [3.63, 3.8) is 0 Å². The number of thiophene rings is 1. The number of aliphatic carboxylic acids is 1. The maximum atomic E-state index is 12.3. The Morgan fingerprint density at radius 2 is 1.94 bits per heavy atom. The van der Waals surface area contributed by atoms with Gasteiger partial charge in [0.25, 0.3) is 0 Å². The van der Waals surface area contributed by atoms with Crippen LogP contribution in [0, 0.1) is 11.8 Å². The Labute approximate surface area is 183 Å². The molecule has 0 spiro atoms. The molecule has 1 saturated carbocycles. The van der Waals surface area contributed by atoms with Crippen molar-refractivity contribution in [3.05, 3.63) is 22.4 Å². The van der Waals surface area contributed by atoms with Crippen LogP contribution in [0.4, 0.5) is 13.2 Å². The smallest absolute Gasteiger partial charge is 0.475 e. The first-order valence-electron chi connectivity index (χ1n) is 10.7. The van der Waals surface area contributed by atoms with Gasteiger partial charge in [0.05, 0.1) is 19.3 Å². The van der Waals surface area contributed by atoms with Crippen molar-refractivity contribution in [2.24, 2.45) is 11.8 Å². The van der Waals surface area contributed by atoms with Crippen LogP contribution in [0.3, 0.4) is 0 Å². The fourth-order valence-electron chi connectivity index (χ4n) is 4.69. The van der Waals surface area contributed by atoms with Crippen LogP contribution in [-0.4, -0.2) is 59.9 Å². The minimum Gasteiger partial charge on any atom is -0.475 e. The minimum absolute atomic E-state index is 0.175. The average molecular weight is 463 g/mol. The number of likely N-dealkylation sites (tertiary alicyclic amines) is 1. The van der Waals surface area contributed by atoms with Gasteiger partial charge >= 0.3 is 12.1 Å². The van der Waals surface area contributed by atoms with Crippen molar-refractivity contribution in [2.75, 3.05) is 19.7 Å². The normalized spacial score (nSPS) is 26.7. The molecule has 3 heterocycles. The molecule has 31 heavy (non-hydrogen) atoms. The zero-order valence-corrected chi connectivity index (χ0v) is 18.1. The van der Waals surface area contributed by atoms with Crippen LogP contribution in [0.5, 0.6) is 0 Å². The van der Waals surface area contributed by atoms with E-state index in [9.17, 15) is 18.0 Å². The zero-order chi connectivity index (χ0) is 22.4. The highest BCUT2D eigenvalue weighted by Crippen LogP contribution is 2.38. The van der Waals surface area contributed by atoms with Crippen molar-refractivity contribution >= 4 is 23.2 Å². The average Bonchev–Trinajstić information content (AvgIpc) is 3.46. The van der Waals surface area contributed by atoms with Gasteiger partial charge in [-0.3, -0.25) is 9.69 Å². The number of nitrogens with one attached hydrogen (secondary N) is 1. The number of fused-ring (bicyclic) bond motifs is 1. The van der Waals surface area contributed by atoms with Gasteiger partial charge in [-0.05, 0) is 30.2 Å². The second-order valence-corrected chi connectivity index (χ2v) is 9.44. The van der Waals surface area contributed by atoms with Crippen LogP contribution in [0.15, 0.2) is 17.5 Å². The predicted molar refractivity (Wildman–Crippen MR) is 110 cm³/mol. The molecule has 2 saturated heterocycles. The Balaban J connectivity index is 0.000000339. The van der Waals surface area contributed by atoms with Gasteiger partial charge in [-0.1, -0.05) is 25.3 Å². The van der Waals surface area contributed by atoms with E-state index in [1.54, 1.807) is 11.3 Å². The Morgan fingerprint density at radius 1 is 1.23 bits per heavy atom. The van der Waals surface area contributed by atoms with E-state index in [0.717, 1.165) is 25.7 Å². The quantitative estimate of drug-likeness (QED) is 0.698. The van der Waals surface area contributed by atoms with E-state index < -0.39 is 12.1 Å². The van der Waals surface area contributed by atoms with E-state index in [4.69, 9.17) is 14.6 Å². The third-order valence-corrected chi connectivity index (χ3v) is 7.16. The molecule has 0 radical (unpaired) electrons. The van der Waals surface area contributed by atoms with E-state index in [2.05, 4.69) is 21.7 Å². The fraction of sp³-hybridized carbons (Fsp3) is 0.714. The molecule has 3 atom stereocenters. The van der Waals surface area contributed by atoms with Crippen LogP contribution in [0.25, 0.3) is 0 Å². The molecule has 4 rings (SSSR count). The lowest BCUT2D eigenvalue weighted by molar-refractivity contribution is -0.192. The summed E-state index contributed by atoms with van der Waals surface area (Å²) in [7, 11) is 0. The third kappa shape index (κ3) is 6.92. The largest absolute Gasteiger partial charge is 0.490 e. The zero-order valence-electron chi connectivity index (χ0n) is 17.3. The van der Waals surface area contributed by atoms with E-state index in [1.807, 2.05) is 6.07 Å². The topological polar surface area (TPSA) is 78.9 Å². The van der Waals surface area contributed by atoms with Crippen molar-refractivity contribution < 1.29 is 32.6 Å². The number of hydrogen-bond donors (Lipinski definition) is 2. The lowest BCUT2D eigenvalue weighted by Crippen LogP contribution is -2.37. The number of carbonyl (C=O) groups is 2. The Hall–Kier alpha value is -1.65. The second kappa shape index (κ2) is 10.8. The van der Waals surface area contributed by atoms with Crippen LogP contribution in [0.1, 0.15) is 43.4 Å². The molecular weight excluding hydrogens is 433 g/mol. The van der Waals surface area contributed by atoms with Gasteiger partial charge in [0, 0.05) is 36.3 Å². The van der Waals surface area contributed by atoms with Crippen molar-refractivity contribution in [3.8, 4) is 0 Å². The number of ether oxygens (including phenoxy) is 1. The highest BCUT2D eigenvalue weighted by atomic mass is 32.1. The van der Waals surface area contributed by atoms with E-state index >= 15 is 0 Å². The van der Waals surface area contributed by atoms with Crippen molar-refractivity contribution in [2.45, 2.75) is 63.4 Å². The highest BCUT2D eigenvalue weighted by Gasteiger charge is 2.45. The molecule has 6 nitrogen and oxygen atoms in total. The van der Waals surface area contributed by atoms with Crippen LogP contribution in [-0.2, 0) is 20.9 Å². The summed E-state index contributed by atoms with van der Waals surface area (Å²) in [4.78, 5) is 25.1. The Morgan fingerprint density at radius 3 is 2.55 bits per heavy atom. The molecule has 1 aromatic heterocycles. The number of carbonyl (C=O) groups excluding carboxylic acids is 1. The SMILES string of the molecule is O=C(C[C@@H]1CO[C@@H]2CN(C3CCCCC3)C[C@H]12)NCc1cccs1.O=C(O)C(F)(F)F. The van der Waals surface area contributed by atoms with Gasteiger partial charge < -0.3 is 15.2 Å². The maximum absolute atomic E-state index is 12.3. The van der Waals surface area contributed by atoms with Crippen LogP contribution in [0.2, 0.25) is 0 Å². The Kier molecular flexibility index (Phi) is 8.35. The molecule has 0 unspecified atom stereocenters. The first-order chi connectivity index (χ1) is 14.7. The molecule has 2 aliphatic heterocycles. The maximum Gasteiger partial charge on any atom is 0.490 e. The van der Waals surface area contributed by atoms with E-state index in [1.165, 1.54) is 37.0 Å². The lowest BCUT2D eigenvalue weighted by Gasteiger charge is -2.31. The highest BCUT2D eigenvalue weighted by molar-refractivity contribution is 7.09. The fourth-order valence-corrected chi connectivity index (χ4v) is 5.34. The number of carboxylic acid groups (broad SMARTS) is 1. The monoisotopic (exact) mass is 462 g/mol. The Bertz CT molecular complexity index is 723. The lowest BCUT2D eigenvalue weighted by atomic mass is 9.90. The predicted octanol–water partition coefficient (Wildman–Crippen LogP) is 3.67. The van der Waals surface area contributed by atoms with Crippen molar-refractivity contribution in [1.82, 2.24) is 10.2 Å². The summed E-state index contributed by atoms with van der Waals surface area (Å²) in [6.45, 7) is 3.65. The number of amides is 1. The van der Waals surface area contributed by atoms with Gasteiger partial charge in [0.2, 0.25) is 5.91 Å². The number of rotatable bonds is 5. The summed E-state index contributed by atoms with van der Waals surface area (Å²) in [5.41, 5.74) is 0. The summed E-state index contributed by atoms with van der Waals surface area (Å²) in [5.74, 6) is -1.63. The molecule has 10 heteroatoms. The van der Waals surface area contributed by atoms with E-state index in [-0.39, 0.29) is 5.91 Å². The molecule has 1 aliphatic carbocycles.